The third-order valence-corrected chi connectivity index (χ3v) is 4.95. The van der Waals surface area contributed by atoms with E-state index in [9.17, 15) is 14.4 Å². The molecule has 37 heavy (non-hydrogen) atoms. The van der Waals surface area contributed by atoms with E-state index in [0.717, 1.165) is 25.7 Å². The first-order valence-corrected chi connectivity index (χ1v) is 11.7. The summed E-state index contributed by atoms with van der Waals surface area (Å²) in [5.41, 5.74) is 1.39. The monoisotopic (exact) mass is 512 g/mol. The van der Waals surface area contributed by atoms with Crippen LogP contribution in [0, 0.1) is 0 Å². The highest BCUT2D eigenvalue weighted by Crippen LogP contribution is 2.29. The first kappa shape index (κ1) is 29.1. The third-order valence-electron chi connectivity index (χ3n) is 4.95. The van der Waals surface area contributed by atoms with Crippen LogP contribution in [-0.2, 0) is 24.0 Å². The highest BCUT2D eigenvalue weighted by atomic mass is 17.2. The lowest BCUT2D eigenvalue weighted by atomic mass is 10.2. The van der Waals surface area contributed by atoms with Gasteiger partial charge in [-0.1, -0.05) is 19.1 Å². The Hall–Kier alpha value is -4.11. The third kappa shape index (κ3) is 10.6. The van der Waals surface area contributed by atoms with Crippen molar-refractivity contribution in [1.82, 2.24) is 0 Å². The van der Waals surface area contributed by atoms with Crippen molar-refractivity contribution in [3.05, 3.63) is 71.8 Å². The molecule has 2 rings (SSSR count). The first-order chi connectivity index (χ1) is 17.8. The Kier molecular flexibility index (Phi) is 12.4. The van der Waals surface area contributed by atoms with Crippen molar-refractivity contribution in [2.24, 2.45) is 0 Å². The van der Waals surface area contributed by atoms with Gasteiger partial charge in [-0.2, -0.15) is 4.89 Å². The Morgan fingerprint density at radius 2 is 1.59 bits per heavy atom. The molecular weight excluding hydrogens is 480 g/mol. The van der Waals surface area contributed by atoms with E-state index in [0.29, 0.717) is 41.4 Å². The normalized spacial score (nSPS) is 10.6. The largest absolute Gasteiger partial charge is 0.493 e. The predicted octanol–water partition coefficient (Wildman–Crippen LogP) is 5.09. The lowest BCUT2D eigenvalue weighted by molar-refractivity contribution is -0.207. The summed E-state index contributed by atoms with van der Waals surface area (Å²) in [4.78, 5) is 45.5. The minimum atomic E-state index is -0.572. The standard InChI is InChI=1S/C28H32O9/c1-20(2)27(30)34-17-7-5-6-8-18-35-37-23-13-11-22(12-14-23)28(31)36-24-15-9-21(19-25(24)32-3)10-16-26(29)33-4/h9-16,19H,1,5-8,17-18H2,2-4H3/b16-10+. The van der Waals surface area contributed by atoms with E-state index in [4.69, 9.17) is 24.0 Å². The van der Waals surface area contributed by atoms with Gasteiger partial charge in [-0.3, -0.25) is 0 Å². The van der Waals surface area contributed by atoms with E-state index in [1.165, 1.54) is 20.3 Å². The topological polar surface area (TPSA) is 107 Å². The molecule has 0 atom stereocenters. The van der Waals surface area contributed by atoms with Crippen LogP contribution >= 0.6 is 0 Å². The summed E-state index contributed by atoms with van der Waals surface area (Å²) in [6.45, 7) is 5.93. The average molecular weight is 513 g/mol. The summed E-state index contributed by atoms with van der Waals surface area (Å²) < 4.78 is 20.4. The highest BCUT2D eigenvalue weighted by Gasteiger charge is 2.13. The van der Waals surface area contributed by atoms with E-state index in [1.54, 1.807) is 55.5 Å². The van der Waals surface area contributed by atoms with Crippen molar-refractivity contribution in [3.63, 3.8) is 0 Å². The van der Waals surface area contributed by atoms with Crippen LogP contribution in [0.1, 0.15) is 48.5 Å². The maximum atomic E-state index is 12.6. The lowest BCUT2D eigenvalue weighted by Gasteiger charge is -2.10. The number of ether oxygens (including phenoxy) is 4. The summed E-state index contributed by atoms with van der Waals surface area (Å²) in [5, 5.41) is 0. The summed E-state index contributed by atoms with van der Waals surface area (Å²) in [7, 11) is 2.75. The van der Waals surface area contributed by atoms with Crippen LogP contribution in [0.5, 0.6) is 17.2 Å². The van der Waals surface area contributed by atoms with Crippen LogP contribution < -0.4 is 14.4 Å². The van der Waals surface area contributed by atoms with E-state index >= 15 is 0 Å². The molecule has 0 amide bonds. The zero-order valence-electron chi connectivity index (χ0n) is 21.3. The molecule has 0 aliphatic rings. The number of benzene rings is 2. The van der Waals surface area contributed by atoms with Gasteiger partial charge in [-0.25, -0.2) is 14.4 Å². The van der Waals surface area contributed by atoms with Gasteiger partial charge in [0.1, 0.15) is 0 Å². The Bertz CT molecular complexity index is 1090. The molecule has 198 valence electrons. The molecule has 0 radical (unpaired) electrons. The van der Waals surface area contributed by atoms with Crippen LogP contribution in [0.3, 0.4) is 0 Å². The number of carbonyl (C=O) groups is 3. The molecule has 2 aromatic rings. The summed E-state index contributed by atoms with van der Waals surface area (Å²) in [6.07, 6.45) is 6.22. The number of rotatable bonds is 15. The van der Waals surface area contributed by atoms with Gasteiger partial charge < -0.3 is 23.8 Å². The summed E-state index contributed by atoms with van der Waals surface area (Å²) >= 11 is 0. The molecule has 0 aliphatic carbocycles. The van der Waals surface area contributed by atoms with Gasteiger partial charge in [-0.15, -0.1) is 0 Å². The molecule has 9 heteroatoms. The fraction of sp³-hybridized carbons (Fsp3) is 0.321. The van der Waals surface area contributed by atoms with Gasteiger partial charge in [0.25, 0.3) is 0 Å². The first-order valence-electron chi connectivity index (χ1n) is 11.7. The number of hydrogen-bond donors (Lipinski definition) is 0. The number of carbonyl (C=O) groups excluding carboxylic acids is 3. The van der Waals surface area contributed by atoms with Gasteiger partial charge in [0, 0.05) is 11.6 Å². The predicted molar refractivity (Wildman–Crippen MR) is 136 cm³/mol. The van der Waals surface area contributed by atoms with Crippen molar-refractivity contribution in [3.8, 4) is 17.2 Å². The van der Waals surface area contributed by atoms with Crippen LogP contribution in [-0.4, -0.2) is 45.3 Å². The molecule has 0 spiro atoms. The van der Waals surface area contributed by atoms with Crippen molar-refractivity contribution >= 4 is 24.0 Å². The van der Waals surface area contributed by atoms with Crippen molar-refractivity contribution in [1.29, 1.82) is 0 Å². The highest BCUT2D eigenvalue weighted by molar-refractivity contribution is 5.91. The number of methoxy groups -OCH3 is 2. The molecule has 0 bridgehead atoms. The molecule has 9 nitrogen and oxygen atoms in total. The van der Waals surface area contributed by atoms with Crippen LogP contribution in [0.4, 0.5) is 0 Å². The van der Waals surface area contributed by atoms with Crippen molar-refractivity contribution in [2.75, 3.05) is 27.4 Å². The minimum absolute atomic E-state index is 0.236. The molecular formula is C28H32O9. The van der Waals surface area contributed by atoms with Gasteiger partial charge in [0.15, 0.2) is 17.2 Å². The lowest BCUT2D eigenvalue weighted by Crippen LogP contribution is -2.09. The molecule has 0 heterocycles. The quantitative estimate of drug-likeness (QED) is 0.0805. The van der Waals surface area contributed by atoms with Gasteiger partial charge >= 0.3 is 17.9 Å². The zero-order valence-corrected chi connectivity index (χ0v) is 21.3. The zero-order chi connectivity index (χ0) is 27.0. The minimum Gasteiger partial charge on any atom is -0.493 e. The number of esters is 3. The maximum Gasteiger partial charge on any atom is 0.343 e. The van der Waals surface area contributed by atoms with Crippen LogP contribution in [0.25, 0.3) is 6.08 Å². The van der Waals surface area contributed by atoms with E-state index < -0.39 is 11.9 Å². The molecule has 0 unspecified atom stereocenters. The molecule has 0 aliphatic heterocycles. The van der Waals surface area contributed by atoms with E-state index in [1.807, 2.05) is 0 Å². The van der Waals surface area contributed by atoms with Crippen molar-refractivity contribution in [2.45, 2.75) is 32.6 Å². The second kappa shape index (κ2) is 15.8. The number of unbranched alkanes of at least 4 members (excludes halogenated alkanes) is 3. The molecule has 2 aromatic carbocycles. The number of hydrogen-bond acceptors (Lipinski definition) is 9. The summed E-state index contributed by atoms with van der Waals surface area (Å²) in [5.74, 6) is -0.402. The maximum absolute atomic E-state index is 12.6. The molecule has 0 saturated carbocycles. The smallest absolute Gasteiger partial charge is 0.343 e. The van der Waals surface area contributed by atoms with Crippen molar-refractivity contribution < 1.29 is 43.1 Å². The summed E-state index contributed by atoms with van der Waals surface area (Å²) in [6, 6.07) is 11.2. The second-order valence-corrected chi connectivity index (χ2v) is 7.92. The molecule has 0 aromatic heterocycles. The Labute approximate surface area is 216 Å². The van der Waals surface area contributed by atoms with E-state index in [-0.39, 0.29) is 11.7 Å². The molecule has 0 saturated heterocycles. The fourth-order valence-electron chi connectivity index (χ4n) is 2.92. The van der Waals surface area contributed by atoms with Gasteiger partial charge in [0.05, 0.1) is 33.0 Å². The molecule has 0 fully saturated rings. The average Bonchev–Trinajstić information content (AvgIpc) is 2.91. The van der Waals surface area contributed by atoms with Crippen LogP contribution in [0.15, 0.2) is 60.7 Å². The SMILES string of the molecule is C=C(C)C(=O)OCCCCCCOOc1ccc(C(=O)Oc2ccc(/C=C/C(=O)OC)cc2OC)cc1. The van der Waals surface area contributed by atoms with Gasteiger partial charge in [0.2, 0.25) is 0 Å². The van der Waals surface area contributed by atoms with Crippen LogP contribution in [0.2, 0.25) is 0 Å². The molecule has 0 N–H and O–H groups in total. The second-order valence-electron chi connectivity index (χ2n) is 7.92. The van der Waals surface area contributed by atoms with E-state index in [2.05, 4.69) is 11.3 Å². The Morgan fingerprint density at radius 1 is 0.892 bits per heavy atom. The van der Waals surface area contributed by atoms with Gasteiger partial charge in [-0.05, 0) is 74.2 Å². The Morgan fingerprint density at radius 3 is 2.24 bits per heavy atom. The fourth-order valence-corrected chi connectivity index (χ4v) is 2.92. The Balaban J connectivity index is 1.74.